The first kappa shape index (κ1) is 9.71. The number of hydrogen-bond acceptors (Lipinski definition) is 3. The molecule has 3 heteroatoms. The van der Waals surface area contributed by atoms with Crippen LogP contribution < -0.4 is 5.32 Å². The van der Waals surface area contributed by atoms with Crippen LogP contribution in [0.1, 0.15) is 36.5 Å². The van der Waals surface area contributed by atoms with Crippen LogP contribution in [-0.2, 0) is 0 Å². The van der Waals surface area contributed by atoms with E-state index in [4.69, 9.17) is 0 Å². The average Bonchev–Trinajstić information content (AvgIpc) is 2.49. The normalized spacial score (nSPS) is 16.4. The molecule has 14 heavy (non-hydrogen) atoms. The maximum absolute atomic E-state index is 11.2. The molecule has 2 nitrogen and oxygen atoms in total. The minimum Gasteiger partial charge on any atom is -0.376 e. The fraction of sp³-hybridized carbons (Fsp3) is 0.545. The molecule has 76 valence electrons. The molecule has 0 atom stereocenters. The van der Waals surface area contributed by atoms with E-state index >= 15 is 0 Å². The summed E-state index contributed by atoms with van der Waals surface area (Å²) in [7, 11) is 0. The van der Waals surface area contributed by atoms with Gasteiger partial charge in [-0.2, -0.15) is 0 Å². The molecule has 2 rings (SSSR count). The van der Waals surface area contributed by atoms with E-state index in [0.29, 0.717) is 0 Å². The molecule has 1 fully saturated rings. The number of thiophene rings is 1. The Bertz CT molecular complexity index is 328. The van der Waals surface area contributed by atoms with Gasteiger partial charge < -0.3 is 5.32 Å². The van der Waals surface area contributed by atoms with Crippen LogP contribution in [0.5, 0.6) is 0 Å². The molecule has 0 aliphatic heterocycles. The van der Waals surface area contributed by atoms with Gasteiger partial charge in [0.25, 0.3) is 0 Å². The van der Waals surface area contributed by atoms with Crippen molar-refractivity contribution in [2.24, 2.45) is 5.92 Å². The van der Waals surface area contributed by atoms with Crippen LogP contribution >= 0.6 is 11.3 Å². The van der Waals surface area contributed by atoms with Crippen molar-refractivity contribution in [1.82, 2.24) is 0 Å². The minimum absolute atomic E-state index is 0.155. The van der Waals surface area contributed by atoms with Crippen LogP contribution in [0.3, 0.4) is 0 Å². The molecule has 0 radical (unpaired) electrons. The zero-order valence-corrected chi connectivity index (χ0v) is 9.19. The molecule has 1 N–H and O–H groups in total. The maximum Gasteiger partial charge on any atom is 0.162 e. The molecule has 0 saturated heterocycles. The van der Waals surface area contributed by atoms with Crippen LogP contribution in [0.15, 0.2) is 11.4 Å². The van der Waals surface area contributed by atoms with E-state index in [9.17, 15) is 4.79 Å². The Morgan fingerprint density at radius 2 is 2.43 bits per heavy atom. The topological polar surface area (TPSA) is 29.1 Å². The first-order valence-electron chi connectivity index (χ1n) is 5.09. The Morgan fingerprint density at radius 1 is 1.64 bits per heavy atom. The number of carbonyl (C=O) groups excluding carboxylic acids is 1. The highest BCUT2D eigenvalue weighted by atomic mass is 32.1. The van der Waals surface area contributed by atoms with Gasteiger partial charge in [0.2, 0.25) is 0 Å². The second-order valence-corrected chi connectivity index (χ2v) is 4.81. The highest BCUT2D eigenvalue weighted by Gasteiger charge is 2.17. The summed E-state index contributed by atoms with van der Waals surface area (Å²) in [5, 5.41) is 6.39. The van der Waals surface area contributed by atoms with E-state index in [2.05, 4.69) is 5.32 Å². The highest BCUT2D eigenvalue weighted by Crippen LogP contribution is 2.29. The molecule has 0 bridgehead atoms. The molecule has 0 amide bonds. The fourth-order valence-corrected chi connectivity index (χ4v) is 2.50. The second kappa shape index (κ2) is 4.13. The summed E-state index contributed by atoms with van der Waals surface area (Å²) in [5.74, 6) is 0.985. The molecule has 1 saturated carbocycles. The number of Topliss-reactive ketones (excluding diaryl/α,β-unsaturated/α-hetero) is 1. The first-order chi connectivity index (χ1) is 6.77. The predicted molar refractivity (Wildman–Crippen MR) is 60.2 cm³/mol. The number of nitrogens with one attached hydrogen (secondary N) is 1. The average molecular weight is 209 g/mol. The molecular weight excluding hydrogens is 194 g/mol. The number of rotatable bonds is 4. The van der Waals surface area contributed by atoms with Gasteiger partial charge in [-0.3, -0.25) is 4.79 Å². The quantitative estimate of drug-likeness (QED) is 0.772. The summed E-state index contributed by atoms with van der Waals surface area (Å²) < 4.78 is 0. The van der Waals surface area contributed by atoms with Gasteiger partial charge in [-0.15, -0.1) is 11.3 Å². The first-order valence-corrected chi connectivity index (χ1v) is 5.97. The van der Waals surface area contributed by atoms with Crippen molar-refractivity contribution < 1.29 is 4.79 Å². The van der Waals surface area contributed by atoms with Crippen LogP contribution in [0, 0.1) is 5.92 Å². The standard InChI is InChI=1S/C11H15NOS/c1-8(13)10-5-6-14-11(10)12-7-9-3-2-4-9/h5-6,9,12H,2-4,7H2,1H3. The number of hydrogen-bond donors (Lipinski definition) is 1. The molecule has 0 aromatic carbocycles. The lowest BCUT2D eigenvalue weighted by atomic mass is 9.85. The Balaban J connectivity index is 1.94. The van der Waals surface area contributed by atoms with Gasteiger partial charge in [0, 0.05) is 6.54 Å². The maximum atomic E-state index is 11.2. The highest BCUT2D eigenvalue weighted by molar-refractivity contribution is 7.14. The number of carbonyl (C=O) groups is 1. The predicted octanol–water partition coefficient (Wildman–Crippen LogP) is 3.16. The van der Waals surface area contributed by atoms with Crippen LogP contribution in [0.2, 0.25) is 0 Å². The summed E-state index contributed by atoms with van der Waals surface area (Å²) in [6, 6.07) is 1.90. The van der Waals surface area contributed by atoms with Gasteiger partial charge in [-0.05, 0) is 37.1 Å². The van der Waals surface area contributed by atoms with Crippen molar-refractivity contribution in [1.29, 1.82) is 0 Å². The van der Waals surface area contributed by atoms with Crippen molar-refractivity contribution in [2.45, 2.75) is 26.2 Å². The lowest BCUT2D eigenvalue weighted by Gasteiger charge is -2.25. The van der Waals surface area contributed by atoms with Crippen molar-refractivity contribution in [3.05, 3.63) is 17.0 Å². The van der Waals surface area contributed by atoms with Gasteiger partial charge in [-0.25, -0.2) is 0 Å². The van der Waals surface area contributed by atoms with Crippen molar-refractivity contribution in [3.63, 3.8) is 0 Å². The Kier molecular flexibility index (Phi) is 2.87. The summed E-state index contributed by atoms with van der Waals surface area (Å²) in [6.07, 6.45) is 4.05. The van der Waals surface area contributed by atoms with E-state index in [-0.39, 0.29) is 5.78 Å². The third kappa shape index (κ3) is 1.98. The van der Waals surface area contributed by atoms with Gasteiger partial charge in [0.05, 0.1) is 10.6 Å². The summed E-state index contributed by atoms with van der Waals surface area (Å²) in [6.45, 7) is 2.65. The number of anilines is 1. The monoisotopic (exact) mass is 209 g/mol. The Morgan fingerprint density at radius 3 is 3.00 bits per heavy atom. The Labute approximate surface area is 88.3 Å². The third-order valence-electron chi connectivity index (χ3n) is 2.82. The molecule has 1 aromatic heterocycles. The molecule has 1 aliphatic rings. The summed E-state index contributed by atoms with van der Waals surface area (Å²) in [5.41, 5.74) is 0.842. The van der Waals surface area contributed by atoms with E-state index in [1.165, 1.54) is 19.3 Å². The zero-order valence-electron chi connectivity index (χ0n) is 8.38. The van der Waals surface area contributed by atoms with E-state index in [0.717, 1.165) is 23.0 Å². The SMILES string of the molecule is CC(=O)c1ccsc1NCC1CCC1. The summed E-state index contributed by atoms with van der Waals surface area (Å²) in [4.78, 5) is 11.2. The lowest BCUT2D eigenvalue weighted by Crippen LogP contribution is -2.21. The van der Waals surface area contributed by atoms with Crippen molar-refractivity contribution >= 4 is 22.1 Å². The van der Waals surface area contributed by atoms with E-state index in [1.54, 1.807) is 18.3 Å². The molecule has 0 unspecified atom stereocenters. The molecule has 1 aliphatic carbocycles. The van der Waals surface area contributed by atoms with E-state index in [1.807, 2.05) is 11.4 Å². The molecular formula is C11H15NOS. The van der Waals surface area contributed by atoms with E-state index < -0.39 is 0 Å². The van der Waals surface area contributed by atoms with Gasteiger partial charge in [-0.1, -0.05) is 6.42 Å². The second-order valence-electron chi connectivity index (χ2n) is 3.90. The smallest absolute Gasteiger partial charge is 0.162 e. The summed E-state index contributed by atoms with van der Waals surface area (Å²) >= 11 is 1.62. The van der Waals surface area contributed by atoms with Crippen LogP contribution in [0.4, 0.5) is 5.00 Å². The molecule has 0 spiro atoms. The van der Waals surface area contributed by atoms with Crippen LogP contribution in [0.25, 0.3) is 0 Å². The van der Waals surface area contributed by atoms with Gasteiger partial charge in [0.1, 0.15) is 0 Å². The number of ketones is 1. The van der Waals surface area contributed by atoms with Crippen molar-refractivity contribution in [3.8, 4) is 0 Å². The molecule has 1 heterocycles. The molecule has 1 aromatic rings. The Hall–Kier alpha value is -0.830. The zero-order chi connectivity index (χ0) is 9.97. The van der Waals surface area contributed by atoms with Crippen LogP contribution in [-0.4, -0.2) is 12.3 Å². The minimum atomic E-state index is 0.155. The largest absolute Gasteiger partial charge is 0.376 e. The third-order valence-corrected chi connectivity index (χ3v) is 3.69. The van der Waals surface area contributed by atoms with Crippen molar-refractivity contribution in [2.75, 3.05) is 11.9 Å². The van der Waals surface area contributed by atoms with Gasteiger partial charge >= 0.3 is 0 Å². The fourth-order valence-electron chi connectivity index (χ4n) is 1.66. The van der Waals surface area contributed by atoms with Gasteiger partial charge in [0.15, 0.2) is 5.78 Å². The lowest BCUT2D eigenvalue weighted by molar-refractivity contribution is 0.101.